The van der Waals surface area contributed by atoms with Crippen LogP contribution >= 0.6 is 23.4 Å². The predicted molar refractivity (Wildman–Crippen MR) is 97.5 cm³/mol. The number of hydrogen-bond acceptors (Lipinski definition) is 6. The van der Waals surface area contributed by atoms with Gasteiger partial charge < -0.3 is 19.7 Å². The van der Waals surface area contributed by atoms with E-state index in [1.54, 1.807) is 18.2 Å². The van der Waals surface area contributed by atoms with Crippen LogP contribution in [0.25, 0.3) is 0 Å². The predicted octanol–water partition coefficient (Wildman–Crippen LogP) is 2.01. The molecule has 0 saturated carbocycles. The van der Waals surface area contributed by atoms with Crippen LogP contribution in [-0.4, -0.2) is 60.5 Å². The summed E-state index contributed by atoms with van der Waals surface area (Å²) in [6.07, 6.45) is 0.0382. The standard InChI is InChI=1S/C16H18ClN3O4S/c1-23-12-3-2-10(17)8-11(12)18-14(21)9-13-15(22)19-16(25-13)20-4-6-24-7-5-20/h2-3,8,13H,4-7,9H2,1H3,(H,18,21)/t13-/m1/s1. The molecule has 1 aromatic rings. The summed E-state index contributed by atoms with van der Waals surface area (Å²) in [6.45, 7) is 2.65. The molecule has 2 heterocycles. The minimum absolute atomic E-state index is 0.0382. The third-order valence-corrected chi connectivity index (χ3v) is 5.27. The maximum Gasteiger partial charge on any atom is 0.262 e. The number of carbonyl (C=O) groups is 2. The number of amidine groups is 1. The van der Waals surface area contributed by atoms with Crippen molar-refractivity contribution in [2.24, 2.45) is 4.99 Å². The summed E-state index contributed by atoms with van der Waals surface area (Å²) in [6, 6.07) is 4.96. The number of methoxy groups -OCH3 is 1. The second kappa shape index (κ2) is 8.07. The van der Waals surface area contributed by atoms with Crippen LogP contribution in [0.3, 0.4) is 0 Å². The number of halogens is 1. The lowest BCUT2D eigenvalue weighted by Crippen LogP contribution is -2.39. The first-order valence-electron chi connectivity index (χ1n) is 7.82. The van der Waals surface area contributed by atoms with Crippen LogP contribution in [0, 0.1) is 0 Å². The second-order valence-electron chi connectivity index (χ2n) is 5.54. The van der Waals surface area contributed by atoms with E-state index in [1.165, 1.54) is 18.9 Å². The molecule has 7 nitrogen and oxygen atoms in total. The lowest BCUT2D eigenvalue weighted by molar-refractivity contribution is -0.121. The maximum absolute atomic E-state index is 12.3. The van der Waals surface area contributed by atoms with Crippen LogP contribution in [0.5, 0.6) is 5.75 Å². The van der Waals surface area contributed by atoms with Crippen molar-refractivity contribution < 1.29 is 19.1 Å². The van der Waals surface area contributed by atoms with Gasteiger partial charge in [0.15, 0.2) is 5.17 Å². The molecule has 0 unspecified atom stereocenters. The summed E-state index contributed by atoms with van der Waals surface area (Å²) in [7, 11) is 1.51. The fourth-order valence-electron chi connectivity index (χ4n) is 2.55. The Balaban J connectivity index is 1.59. The zero-order valence-electron chi connectivity index (χ0n) is 13.7. The Morgan fingerprint density at radius 1 is 1.48 bits per heavy atom. The van der Waals surface area contributed by atoms with Gasteiger partial charge in [-0.25, -0.2) is 0 Å². The van der Waals surface area contributed by atoms with E-state index in [2.05, 4.69) is 10.3 Å². The quantitative estimate of drug-likeness (QED) is 0.856. The molecule has 0 radical (unpaired) electrons. The molecule has 134 valence electrons. The van der Waals surface area contributed by atoms with Gasteiger partial charge in [-0.3, -0.25) is 9.59 Å². The highest BCUT2D eigenvalue weighted by atomic mass is 35.5. The number of morpholine rings is 1. The third-order valence-electron chi connectivity index (χ3n) is 3.82. The number of amides is 2. The highest BCUT2D eigenvalue weighted by Crippen LogP contribution is 2.30. The van der Waals surface area contributed by atoms with Crippen molar-refractivity contribution in [3.8, 4) is 5.75 Å². The van der Waals surface area contributed by atoms with Crippen molar-refractivity contribution in [3.05, 3.63) is 23.2 Å². The van der Waals surface area contributed by atoms with Gasteiger partial charge in [-0.1, -0.05) is 23.4 Å². The molecule has 1 fully saturated rings. The molecule has 1 aromatic carbocycles. The molecule has 1 atom stereocenters. The Morgan fingerprint density at radius 3 is 2.96 bits per heavy atom. The highest BCUT2D eigenvalue weighted by molar-refractivity contribution is 8.15. The number of nitrogens with zero attached hydrogens (tertiary/aromatic N) is 2. The smallest absolute Gasteiger partial charge is 0.262 e. The van der Waals surface area contributed by atoms with Crippen LogP contribution in [0.1, 0.15) is 6.42 Å². The zero-order valence-corrected chi connectivity index (χ0v) is 15.2. The number of carbonyl (C=O) groups excluding carboxylic acids is 2. The molecule has 0 bridgehead atoms. The fourth-order valence-corrected chi connectivity index (χ4v) is 3.84. The third kappa shape index (κ3) is 4.45. The summed E-state index contributed by atoms with van der Waals surface area (Å²) in [5.74, 6) is -0.0575. The van der Waals surface area contributed by atoms with E-state index in [-0.39, 0.29) is 18.2 Å². The van der Waals surface area contributed by atoms with Crippen LogP contribution in [0.2, 0.25) is 5.02 Å². The molecule has 2 aliphatic rings. The van der Waals surface area contributed by atoms with Gasteiger partial charge in [0, 0.05) is 24.5 Å². The molecular formula is C16H18ClN3O4S. The average Bonchev–Trinajstić information content (AvgIpc) is 2.96. The average molecular weight is 384 g/mol. The number of hydrogen-bond donors (Lipinski definition) is 1. The Morgan fingerprint density at radius 2 is 2.24 bits per heavy atom. The molecule has 25 heavy (non-hydrogen) atoms. The number of anilines is 1. The van der Waals surface area contributed by atoms with Crippen molar-refractivity contribution in [1.82, 2.24) is 4.90 Å². The Labute approximate surface area is 154 Å². The number of rotatable bonds is 4. The van der Waals surface area contributed by atoms with Gasteiger partial charge in [0.2, 0.25) is 5.91 Å². The lowest BCUT2D eigenvalue weighted by Gasteiger charge is -2.27. The first kappa shape index (κ1) is 18.0. The number of aliphatic imine (C=N–C) groups is 1. The zero-order chi connectivity index (χ0) is 17.8. The SMILES string of the molecule is COc1ccc(Cl)cc1NC(=O)C[C@H]1SC(N2CCOCC2)=NC1=O. The van der Waals surface area contributed by atoms with Gasteiger partial charge in [0.05, 0.1) is 26.0 Å². The van der Waals surface area contributed by atoms with Crippen LogP contribution in [-0.2, 0) is 14.3 Å². The van der Waals surface area contributed by atoms with Gasteiger partial charge in [-0.2, -0.15) is 4.99 Å². The minimum Gasteiger partial charge on any atom is -0.495 e. The van der Waals surface area contributed by atoms with Crippen molar-refractivity contribution in [2.45, 2.75) is 11.7 Å². The normalized spacial score (nSPS) is 20.4. The van der Waals surface area contributed by atoms with E-state index in [0.717, 1.165) is 0 Å². The summed E-state index contributed by atoms with van der Waals surface area (Å²) >= 11 is 7.29. The molecule has 1 saturated heterocycles. The van der Waals surface area contributed by atoms with E-state index < -0.39 is 5.25 Å². The van der Waals surface area contributed by atoms with Crippen LogP contribution in [0.15, 0.2) is 23.2 Å². The molecule has 0 aromatic heterocycles. The summed E-state index contributed by atoms with van der Waals surface area (Å²) in [5, 5.41) is 3.39. The first-order valence-corrected chi connectivity index (χ1v) is 9.08. The van der Waals surface area contributed by atoms with Gasteiger partial charge >= 0.3 is 0 Å². The molecular weight excluding hydrogens is 366 g/mol. The number of ether oxygens (including phenoxy) is 2. The maximum atomic E-state index is 12.3. The van der Waals surface area contributed by atoms with Crippen molar-refractivity contribution >= 4 is 46.0 Å². The number of thioether (sulfide) groups is 1. The Kier molecular flexibility index (Phi) is 5.82. The van der Waals surface area contributed by atoms with E-state index in [4.69, 9.17) is 21.1 Å². The van der Waals surface area contributed by atoms with Crippen molar-refractivity contribution in [1.29, 1.82) is 0 Å². The van der Waals surface area contributed by atoms with Gasteiger partial charge in [-0.15, -0.1) is 0 Å². The minimum atomic E-state index is -0.511. The number of benzene rings is 1. The molecule has 2 aliphatic heterocycles. The largest absolute Gasteiger partial charge is 0.495 e. The monoisotopic (exact) mass is 383 g/mol. The molecule has 0 spiro atoms. The molecule has 1 N–H and O–H groups in total. The second-order valence-corrected chi connectivity index (χ2v) is 7.14. The van der Waals surface area contributed by atoms with Gasteiger partial charge in [0.1, 0.15) is 11.0 Å². The van der Waals surface area contributed by atoms with Gasteiger partial charge in [-0.05, 0) is 18.2 Å². The van der Waals surface area contributed by atoms with Crippen LogP contribution < -0.4 is 10.1 Å². The fraction of sp³-hybridized carbons (Fsp3) is 0.438. The summed E-state index contributed by atoms with van der Waals surface area (Å²) < 4.78 is 10.5. The number of nitrogens with one attached hydrogen (secondary N) is 1. The van der Waals surface area contributed by atoms with Crippen molar-refractivity contribution in [3.63, 3.8) is 0 Å². The Hall–Kier alpha value is -1.77. The first-order chi connectivity index (χ1) is 12.1. The van der Waals surface area contributed by atoms with E-state index in [9.17, 15) is 9.59 Å². The summed E-state index contributed by atoms with van der Waals surface area (Å²) in [4.78, 5) is 30.5. The van der Waals surface area contributed by atoms with E-state index >= 15 is 0 Å². The van der Waals surface area contributed by atoms with Crippen LogP contribution in [0.4, 0.5) is 5.69 Å². The molecule has 9 heteroatoms. The van der Waals surface area contributed by atoms with E-state index in [0.29, 0.717) is 47.9 Å². The molecule has 3 rings (SSSR count). The van der Waals surface area contributed by atoms with Crippen molar-refractivity contribution in [2.75, 3.05) is 38.7 Å². The van der Waals surface area contributed by atoms with Gasteiger partial charge in [0.25, 0.3) is 5.91 Å². The molecule has 2 amide bonds. The molecule has 0 aliphatic carbocycles. The van der Waals surface area contributed by atoms with E-state index in [1.807, 2.05) is 4.90 Å². The summed E-state index contributed by atoms with van der Waals surface area (Å²) in [5.41, 5.74) is 0.477. The lowest BCUT2D eigenvalue weighted by atomic mass is 10.2. The Bertz CT molecular complexity index is 707. The highest BCUT2D eigenvalue weighted by Gasteiger charge is 2.33. The topological polar surface area (TPSA) is 80.2 Å².